The molecular weight excluding hydrogens is 302 g/mol. The van der Waals surface area contributed by atoms with Crippen LogP contribution in [0.15, 0.2) is 54.7 Å². The number of benzene rings is 2. The number of pyridine rings is 1. The summed E-state index contributed by atoms with van der Waals surface area (Å²) in [6.07, 6.45) is 1.70. The van der Waals surface area contributed by atoms with Crippen molar-refractivity contribution < 1.29 is 5.11 Å². The lowest BCUT2D eigenvalue weighted by molar-refractivity contribution is 0.482. The van der Waals surface area contributed by atoms with Crippen LogP contribution in [-0.2, 0) is 5.33 Å². The summed E-state index contributed by atoms with van der Waals surface area (Å²) in [7, 11) is 0. The molecule has 94 valence electrons. The number of phenols is 1. The zero-order valence-corrected chi connectivity index (χ0v) is 11.8. The van der Waals surface area contributed by atoms with Gasteiger partial charge in [0.05, 0.1) is 0 Å². The van der Waals surface area contributed by atoms with Crippen molar-refractivity contribution in [2.75, 3.05) is 0 Å². The van der Waals surface area contributed by atoms with Crippen LogP contribution >= 0.6 is 15.9 Å². The average molecular weight is 314 g/mol. The number of nitrogens with zero attached hydrogens (tertiary/aromatic N) is 1. The summed E-state index contributed by atoms with van der Waals surface area (Å²) in [4.78, 5) is 4.25. The van der Waals surface area contributed by atoms with Gasteiger partial charge in [-0.3, -0.25) is 4.98 Å². The predicted molar refractivity (Wildman–Crippen MR) is 81.5 cm³/mol. The molecule has 0 aliphatic heterocycles. The van der Waals surface area contributed by atoms with Gasteiger partial charge in [0.15, 0.2) is 0 Å². The topological polar surface area (TPSA) is 33.1 Å². The quantitative estimate of drug-likeness (QED) is 0.706. The van der Waals surface area contributed by atoms with E-state index in [4.69, 9.17) is 0 Å². The van der Waals surface area contributed by atoms with Gasteiger partial charge in [0.1, 0.15) is 11.3 Å². The molecule has 2 aromatic carbocycles. The Morgan fingerprint density at radius 2 is 1.95 bits per heavy atom. The highest BCUT2D eigenvalue weighted by Gasteiger charge is 2.09. The zero-order valence-electron chi connectivity index (χ0n) is 10.2. The first-order valence-electron chi connectivity index (χ1n) is 6.01. The SMILES string of the molecule is Oc1c(-c2cccc(CBr)c2)ccc2cccnc12. The van der Waals surface area contributed by atoms with E-state index in [9.17, 15) is 5.11 Å². The van der Waals surface area contributed by atoms with Gasteiger partial charge in [0.25, 0.3) is 0 Å². The molecule has 1 N–H and O–H groups in total. The molecule has 3 heteroatoms. The summed E-state index contributed by atoms with van der Waals surface area (Å²) in [5.41, 5.74) is 3.64. The van der Waals surface area contributed by atoms with Gasteiger partial charge in [0, 0.05) is 22.5 Å². The molecule has 3 aromatic rings. The molecule has 3 rings (SSSR count). The average Bonchev–Trinajstić information content (AvgIpc) is 2.48. The Labute approximate surface area is 119 Å². The molecule has 0 atom stereocenters. The summed E-state index contributed by atoms with van der Waals surface area (Å²) in [6, 6.07) is 15.8. The van der Waals surface area contributed by atoms with E-state index in [-0.39, 0.29) is 5.75 Å². The minimum absolute atomic E-state index is 0.241. The maximum atomic E-state index is 10.4. The number of halogens is 1. The van der Waals surface area contributed by atoms with Crippen LogP contribution in [0, 0.1) is 0 Å². The maximum Gasteiger partial charge on any atom is 0.149 e. The van der Waals surface area contributed by atoms with Crippen molar-refractivity contribution in [2.45, 2.75) is 5.33 Å². The Hall–Kier alpha value is -1.87. The third kappa shape index (κ3) is 2.22. The minimum Gasteiger partial charge on any atom is -0.505 e. The van der Waals surface area contributed by atoms with E-state index >= 15 is 0 Å². The summed E-state index contributed by atoms with van der Waals surface area (Å²) in [6.45, 7) is 0. The number of aromatic nitrogens is 1. The second kappa shape index (κ2) is 5.02. The first-order chi connectivity index (χ1) is 9.29. The van der Waals surface area contributed by atoms with Crippen molar-refractivity contribution in [3.8, 4) is 16.9 Å². The van der Waals surface area contributed by atoms with E-state index in [2.05, 4.69) is 33.0 Å². The molecule has 1 heterocycles. The van der Waals surface area contributed by atoms with E-state index in [1.54, 1.807) is 6.20 Å². The molecule has 0 aliphatic carbocycles. The molecule has 0 spiro atoms. The van der Waals surface area contributed by atoms with Gasteiger partial charge >= 0.3 is 0 Å². The number of hydrogen-bond donors (Lipinski definition) is 1. The van der Waals surface area contributed by atoms with Gasteiger partial charge in [-0.2, -0.15) is 0 Å². The Morgan fingerprint density at radius 1 is 1.05 bits per heavy atom. The van der Waals surface area contributed by atoms with Gasteiger partial charge < -0.3 is 5.11 Å². The Kier molecular flexibility index (Phi) is 3.22. The first-order valence-corrected chi connectivity index (χ1v) is 7.14. The van der Waals surface area contributed by atoms with Gasteiger partial charge in [0.2, 0.25) is 0 Å². The largest absolute Gasteiger partial charge is 0.505 e. The van der Waals surface area contributed by atoms with Crippen molar-refractivity contribution in [3.63, 3.8) is 0 Å². The number of alkyl halides is 1. The predicted octanol–water partition coefficient (Wildman–Crippen LogP) is 4.50. The molecule has 0 unspecified atom stereocenters. The summed E-state index contributed by atoms with van der Waals surface area (Å²) < 4.78 is 0. The second-order valence-electron chi connectivity index (χ2n) is 4.37. The van der Waals surface area contributed by atoms with E-state index in [1.165, 1.54) is 5.56 Å². The van der Waals surface area contributed by atoms with Gasteiger partial charge in [-0.25, -0.2) is 0 Å². The molecule has 0 radical (unpaired) electrons. The maximum absolute atomic E-state index is 10.4. The molecule has 0 saturated heterocycles. The number of phenolic OH excluding ortho intramolecular Hbond substituents is 1. The summed E-state index contributed by atoms with van der Waals surface area (Å²) >= 11 is 3.45. The summed E-state index contributed by atoms with van der Waals surface area (Å²) in [5.74, 6) is 0.241. The molecule has 19 heavy (non-hydrogen) atoms. The molecule has 2 nitrogen and oxygen atoms in total. The molecule has 0 aliphatic rings. The molecule has 1 aromatic heterocycles. The van der Waals surface area contributed by atoms with Crippen molar-refractivity contribution in [3.05, 3.63) is 60.3 Å². The fourth-order valence-corrected chi connectivity index (χ4v) is 2.53. The fourth-order valence-electron chi connectivity index (χ4n) is 2.18. The normalized spacial score (nSPS) is 10.8. The molecule has 0 saturated carbocycles. The smallest absolute Gasteiger partial charge is 0.149 e. The van der Waals surface area contributed by atoms with Crippen LogP contribution < -0.4 is 0 Å². The lowest BCUT2D eigenvalue weighted by Gasteiger charge is -2.08. The lowest BCUT2D eigenvalue weighted by Crippen LogP contribution is -1.85. The van der Waals surface area contributed by atoms with Crippen LogP contribution in [0.3, 0.4) is 0 Å². The lowest BCUT2D eigenvalue weighted by atomic mass is 10.0. The van der Waals surface area contributed by atoms with Crippen molar-refractivity contribution >= 4 is 26.8 Å². The molecule has 0 bridgehead atoms. The van der Waals surface area contributed by atoms with E-state index in [0.717, 1.165) is 21.8 Å². The van der Waals surface area contributed by atoms with Crippen LogP contribution in [-0.4, -0.2) is 10.1 Å². The number of fused-ring (bicyclic) bond motifs is 1. The summed E-state index contributed by atoms with van der Waals surface area (Å²) in [5, 5.41) is 12.1. The van der Waals surface area contributed by atoms with Gasteiger partial charge in [-0.1, -0.05) is 52.3 Å². The second-order valence-corrected chi connectivity index (χ2v) is 4.93. The molecular formula is C16H12BrNO. The third-order valence-electron chi connectivity index (χ3n) is 3.14. The highest BCUT2D eigenvalue weighted by molar-refractivity contribution is 9.08. The Morgan fingerprint density at radius 3 is 2.79 bits per heavy atom. The van der Waals surface area contributed by atoms with E-state index in [0.29, 0.717) is 5.52 Å². The monoisotopic (exact) mass is 313 g/mol. The third-order valence-corrected chi connectivity index (χ3v) is 3.79. The number of rotatable bonds is 2. The standard InChI is InChI=1S/C16H12BrNO/c17-10-11-3-1-4-13(9-11)14-7-6-12-5-2-8-18-15(12)16(14)19/h1-9,19H,10H2. The van der Waals surface area contributed by atoms with Crippen LogP contribution in [0.2, 0.25) is 0 Å². The van der Waals surface area contributed by atoms with E-state index < -0.39 is 0 Å². The van der Waals surface area contributed by atoms with Crippen molar-refractivity contribution in [1.29, 1.82) is 0 Å². The Balaban J connectivity index is 2.22. The Bertz CT molecular complexity index is 740. The highest BCUT2D eigenvalue weighted by Crippen LogP contribution is 2.35. The van der Waals surface area contributed by atoms with Crippen LogP contribution in [0.4, 0.5) is 0 Å². The first kappa shape index (κ1) is 12.2. The number of hydrogen-bond acceptors (Lipinski definition) is 2. The minimum atomic E-state index is 0.241. The van der Waals surface area contributed by atoms with E-state index in [1.807, 2.05) is 36.4 Å². The fraction of sp³-hybridized carbons (Fsp3) is 0.0625. The number of aromatic hydroxyl groups is 1. The molecule has 0 fully saturated rings. The van der Waals surface area contributed by atoms with Gasteiger partial charge in [-0.15, -0.1) is 0 Å². The zero-order chi connectivity index (χ0) is 13.2. The molecule has 0 amide bonds. The van der Waals surface area contributed by atoms with Crippen molar-refractivity contribution in [1.82, 2.24) is 4.98 Å². The van der Waals surface area contributed by atoms with Crippen LogP contribution in [0.1, 0.15) is 5.56 Å². The van der Waals surface area contributed by atoms with Crippen molar-refractivity contribution in [2.24, 2.45) is 0 Å². The highest BCUT2D eigenvalue weighted by atomic mass is 79.9. The van der Waals surface area contributed by atoms with Gasteiger partial charge in [-0.05, 0) is 23.3 Å². The van der Waals surface area contributed by atoms with Crippen LogP contribution in [0.25, 0.3) is 22.0 Å². The van der Waals surface area contributed by atoms with Crippen LogP contribution in [0.5, 0.6) is 5.75 Å².